The lowest BCUT2D eigenvalue weighted by molar-refractivity contribution is -0.137. The number of fused-ring (bicyclic) bond motifs is 4. The highest BCUT2D eigenvalue weighted by Gasteiger charge is 2.31. The van der Waals surface area contributed by atoms with Crippen molar-refractivity contribution in [3.63, 3.8) is 0 Å². The Morgan fingerprint density at radius 1 is 0.973 bits per heavy atom. The lowest BCUT2D eigenvalue weighted by Crippen LogP contribution is -2.49. The molecule has 1 amide bonds. The molecule has 3 N–H and O–H groups in total. The summed E-state index contributed by atoms with van der Waals surface area (Å²) >= 11 is 0. The van der Waals surface area contributed by atoms with Crippen molar-refractivity contribution in [1.29, 1.82) is 0 Å². The number of amides is 1. The van der Waals surface area contributed by atoms with Crippen LogP contribution in [-0.4, -0.2) is 74.4 Å². The summed E-state index contributed by atoms with van der Waals surface area (Å²) in [4.78, 5) is 40.6. The normalized spacial score (nSPS) is 15.0. The highest BCUT2D eigenvalue weighted by molar-refractivity contribution is 5.84. The molecule has 2 aromatic heterocycles. The van der Waals surface area contributed by atoms with E-state index in [1.807, 2.05) is 29.2 Å². The Morgan fingerprint density at radius 3 is 2.27 bits per heavy atom. The van der Waals surface area contributed by atoms with Crippen LogP contribution in [0.1, 0.15) is 17.0 Å². The summed E-state index contributed by atoms with van der Waals surface area (Å²) in [5.41, 5.74) is 11.6. The number of ether oxygens (including phenoxy) is 1. The maximum absolute atomic E-state index is 12.9. The van der Waals surface area contributed by atoms with E-state index in [1.165, 1.54) is 33.1 Å². The molecule has 11 nitrogen and oxygen atoms in total. The summed E-state index contributed by atoms with van der Waals surface area (Å²) < 4.78 is 7.20. The number of piperazine rings is 1. The third-order valence-electron chi connectivity index (χ3n) is 6.95. The molecule has 0 radical (unpaired) electrons. The predicted molar refractivity (Wildman–Crippen MR) is 136 cm³/mol. The monoisotopic (exact) mass is 499 g/mol. The Hall–Kier alpha value is -4.67. The molecule has 4 aromatic rings. The van der Waals surface area contributed by atoms with Gasteiger partial charge in [0.1, 0.15) is 18.7 Å². The molecule has 1 fully saturated rings. The molecule has 2 aliphatic rings. The molecule has 1 aliphatic heterocycles. The zero-order chi connectivity index (χ0) is 25.5. The quantitative estimate of drug-likeness (QED) is 0.424. The molecule has 0 unspecified atom stereocenters. The summed E-state index contributed by atoms with van der Waals surface area (Å²) in [6.45, 7) is 1.91. The minimum atomic E-state index is -1.01. The van der Waals surface area contributed by atoms with Crippen LogP contribution in [0.25, 0.3) is 22.3 Å². The lowest BCUT2D eigenvalue weighted by Gasteiger charge is -2.34. The molecule has 0 atom stereocenters. The third-order valence-corrected chi connectivity index (χ3v) is 6.95. The van der Waals surface area contributed by atoms with Gasteiger partial charge in [-0.05, 0) is 22.3 Å². The van der Waals surface area contributed by atoms with Crippen molar-refractivity contribution in [3.8, 4) is 11.1 Å². The van der Waals surface area contributed by atoms with E-state index in [1.54, 1.807) is 4.90 Å². The number of nitrogen functional groups attached to an aromatic ring is 1. The summed E-state index contributed by atoms with van der Waals surface area (Å²) in [7, 11) is 0. The molecule has 37 heavy (non-hydrogen) atoms. The first-order valence-electron chi connectivity index (χ1n) is 12.0. The van der Waals surface area contributed by atoms with E-state index in [0.717, 1.165) is 0 Å². The molecule has 0 bridgehead atoms. The molecule has 0 saturated carbocycles. The van der Waals surface area contributed by atoms with E-state index in [-0.39, 0.29) is 31.0 Å². The molecule has 11 heteroatoms. The summed E-state index contributed by atoms with van der Waals surface area (Å²) in [5.74, 6) is -0.427. The lowest BCUT2D eigenvalue weighted by atomic mass is 9.98. The van der Waals surface area contributed by atoms with Crippen molar-refractivity contribution in [1.82, 2.24) is 24.4 Å². The zero-order valence-electron chi connectivity index (χ0n) is 19.9. The topological polar surface area (TPSA) is 140 Å². The minimum Gasteiger partial charge on any atom is -0.480 e. The number of nitrogens with two attached hydrogens (primary N) is 1. The Morgan fingerprint density at radius 2 is 1.62 bits per heavy atom. The van der Waals surface area contributed by atoms with Crippen molar-refractivity contribution in [3.05, 3.63) is 66.0 Å². The number of imidazole rings is 1. The largest absolute Gasteiger partial charge is 0.480 e. The van der Waals surface area contributed by atoms with Gasteiger partial charge in [0, 0.05) is 32.1 Å². The number of hydrogen-bond donors (Lipinski definition) is 2. The van der Waals surface area contributed by atoms with E-state index in [4.69, 9.17) is 15.6 Å². The fraction of sp³-hybridized carbons (Fsp3) is 0.269. The van der Waals surface area contributed by atoms with Crippen LogP contribution < -0.4 is 10.6 Å². The molecule has 1 aliphatic carbocycles. The minimum absolute atomic E-state index is 0.0154. The van der Waals surface area contributed by atoms with Crippen LogP contribution >= 0.6 is 0 Å². The fourth-order valence-electron chi connectivity index (χ4n) is 5.18. The number of aromatic nitrogens is 4. The third kappa shape index (κ3) is 4.07. The molecule has 188 valence electrons. The van der Waals surface area contributed by atoms with Gasteiger partial charge in [-0.15, -0.1) is 0 Å². The number of carbonyl (C=O) groups excluding carboxylic acids is 1. The van der Waals surface area contributed by atoms with Gasteiger partial charge in [0.2, 0.25) is 5.95 Å². The first-order chi connectivity index (χ1) is 18.0. The number of hydrogen-bond acceptors (Lipinski definition) is 8. The Bertz CT molecular complexity index is 1460. The fourth-order valence-corrected chi connectivity index (χ4v) is 5.18. The Labute approximate surface area is 212 Å². The van der Waals surface area contributed by atoms with Gasteiger partial charge >= 0.3 is 12.1 Å². The first kappa shape index (κ1) is 22.8. The Kier molecular flexibility index (Phi) is 5.59. The van der Waals surface area contributed by atoms with Crippen LogP contribution in [0.5, 0.6) is 0 Å². The zero-order valence-corrected chi connectivity index (χ0v) is 19.9. The van der Waals surface area contributed by atoms with Crippen molar-refractivity contribution >= 4 is 35.0 Å². The second kappa shape index (κ2) is 9.08. The Balaban J connectivity index is 1.10. The van der Waals surface area contributed by atoms with E-state index in [0.29, 0.717) is 43.3 Å². The molecule has 0 spiro atoms. The van der Waals surface area contributed by atoms with Gasteiger partial charge < -0.3 is 29.9 Å². The molecular weight excluding hydrogens is 474 g/mol. The average Bonchev–Trinajstić information content (AvgIpc) is 3.46. The predicted octanol–water partition coefficient (Wildman–Crippen LogP) is 2.56. The van der Waals surface area contributed by atoms with Gasteiger partial charge in [-0.2, -0.15) is 9.97 Å². The van der Waals surface area contributed by atoms with Crippen LogP contribution in [0, 0.1) is 0 Å². The molecule has 6 rings (SSSR count). The first-order valence-corrected chi connectivity index (χ1v) is 12.0. The standard InChI is InChI=1S/C26H25N7O4/c27-23-22-24(28-15-33(22)13-21(34)35)30-25(29-23)31-9-11-32(12-10-31)26(36)37-14-20-18-7-3-1-5-16(18)17-6-2-4-8-19(17)20/h1-8,15,20H,9-14H2,(H,34,35)(H2,27,29,30). The number of rotatable bonds is 5. The second-order valence-electron chi connectivity index (χ2n) is 9.13. The van der Waals surface area contributed by atoms with Crippen molar-refractivity contribution < 1.29 is 19.4 Å². The van der Waals surface area contributed by atoms with Gasteiger partial charge in [-0.25, -0.2) is 9.78 Å². The molecule has 1 saturated heterocycles. The van der Waals surface area contributed by atoms with Crippen molar-refractivity contribution in [2.75, 3.05) is 43.4 Å². The summed E-state index contributed by atoms with van der Waals surface area (Å²) in [6.07, 6.45) is 1.05. The van der Waals surface area contributed by atoms with Crippen molar-refractivity contribution in [2.24, 2.45) is 0 Å². The molecular formula is C26H25N7O4. The van der Waals surface area contributed by atoms with E-state index in [2.05, 4.69) is 39.2 Å². The van der Waals surface area contributed by atoms with Gasteiger partial charge in [0.05, 0.1) is 6.33 Å². The second-order valence-corrected chi connectivity index (χ2v) is 9.13. The smallest absolute Gasteiger partial charge is 0.409 e. The van der Waals surface area contributed by atoms with E-state index < -0.39 is 5.97 Å². The summed E-state index contributed by atoms with van der Waals surface area (Å²) in [6, 6.07) is 16.5. The van der Waals surface area contributed by atoms with Crippen LogP contribution in [0.3, 0.4) is 0 Å². The maximum Gasteiger partial charge on any atom is 0.409 e. The van der Waals surface area contributed by atoms with Crippen LogP contribution in [-0.2, 0) is 16.1 Å². The van der Waals surface area contributed by atoms with Gasteiger partial charge in [-0.1, -0.05) is 48.5 Å². The van der Waals surface area contributed by atoms with E-state index in [9.17, 15) is 9.59 Å². The van der Waals surface area contributed by atoms with Crippen LogP contribution in [0.4, 0.5) is 16.6 Å². The SMILES string of the molecule is Nc1nc(N2CCN(C(=O)OCC3c4ccccc4-c4ccccc43)CC2)nc2ncn(CC(=O)O)c12. The number of aliphatic carboxylic acids is 1. The maximum atomic E-state index is 12.9. The number of carboxylic acids is 1. The van der Waals surface area contributed by atoms with Crippen molar-refractivity contribution in [2.45, 2.75) is 12.5 Å². The number of carboxylic acid groups (broad SMARTS) is 1. The van der Waals surface area contributed by atoms with Crippen LogP contribution in [0.15, 0.2) is 54.9 Å². The number of benzene rings is 2. The highest BCUT2D eigenvalue weighted by Crippen LogP contribution is 2.44. The van der Waals surface area contributed by atoms with E-state index >= 15 is 0 Å². The number of anilines is 2. The van der Waals surface area contributed by atoms with Gasteiger partial charge in [-0.3, -0.25) is 4.79 Å². The summed E-state index contributed by atoms with van der Waals surface area (Å²) in [5, 5.41) is 9.07. The average molecular weight is 500 g/mol. The van der Waals surface area contributed by atoms with Gasteiger partial charge in [0.25, 0.3) is 0 Å². The van der Waals surface area contributed by atoms with Crippen LogP contribution in [0.2, 0.25) is 0 Å². The molecule has 2 aromatic carbocycles. The highest BCUT2D eigenvalue weighted by atomic mass is 16.6. The molecule has 3 heterocycles. The van der Waals surface area contributed by atoms with Gasteiger partial charge in [0.15, 0.2) is 11.5 Å². The number of carbonyl (C=O) groups is 2. The number of nitrogens with zero attached hydrogens (tertiary/aromatic N) is 6.